The van der Waals surface area contributed by atoms with Crippen LogP contribution in [-0.4, -0.2) is 22.7 Å². The highest BCUT2D eigenvalue weighted by molar-refractivity contribution is 7.91. The predicted octanol–water partition coefficient (Wildman–Crippen LogP) is 4.99. The summed E-state index contributed by atoms with van der Waals surface area (Å²) in [7, 11) is 4.07. The van der Waals surface area contributed by atoms with Crippen LogP contribution in [0.5, 0.6) is 0 Å². The number of halogens is 1. The highest BCUT2D eigenvalue weighted by atomic mass is 35.5. The van der Waals surface area contributed by atoms with Crippen molar-refractivity contribution in [2.45, 2.75) is 23.1 Å². The fraction of sp³-hybridized carbons (Fsp3) is 0.217. The van der Waals surface area contributed by atoms with Gasteiger partial charge in [-0.3, -0.25) is 0 Å². The van der Waals surface area contributed by atoms with Gasteiger partial charge in [-0.2, -0.15) is 0 Å². The Labute approximate surface area is 175 Å². The van der Waals surface area contributed by atoms with E-state index in [0.29, 0.717) is 0 Å². The lowest BCUT2D eigenvalue weighted by molar-refractivity contribution is 0.596. The Balaban J connectivity index is 0.00000225. The molecule has 0 spiro atoms. The number of benzene rings is 3. The van der Waals surface area contributed by atoms with Crippen LogP contribution in [-0.2, 0) is 24.6 Å². The van der Waals surface area contributed by atoms with E-state index in [0.717, 1.165) is 33.5 Å². The fourth-order valence-electron chi connectivity index (χ4n) is 3.79. The lowest BCUT2D eigenvalue weighted by Gasteiger charge is -2.12. The van der Waals surface area contributed by atoms with Crippen molar-refractivity contribution in [3.8, 4) is 0 Å². The van der Waals surface area contributed by atoms with Crippen LogP contribution < -0.4 is 5.32 Å². The molecule has 5 heteroatoms. The van der Waals surface area contributed by atoms with E-state index < -0.39 is 11.2 Å². The third kappa shape index (κ3) is 3.53. The summed E-state index contributed by atoms with van der Waals surface area (Å²) in [6.07, 6.45) is 0.962. The molecule has 0 amide bonds. The average Bonchev–Trinajstić information content (AvgIpc) is 2.95. The van der Waals surface area contributed by atoms with Crippen molar-refractivity contribution >= 4 is 45.3 Å². The molecule has 0 aliphatic rings. The van der Waals surface area contributed by atoms with E-state index in [2.05, 4.69) is 48.1 Å². The molecule has 146 valence electrons. The average molecular weight is 413 g/mol. The van der Waals surface area contributed by atoms with Crippen molar-refractivity contribution in [1.29, 1.82) is 0 Å². The Morgan fingerprint density at radius 3 is 2.54 bits per heavy atom. The highest BCUT2D eigenvalue weighted by Gasteiger charge is 2.20. The minimum atomic E-state index is -1.21. The molecule has 0 saturated carbocycles. The van der Waals surface area contributed by atoms with Gasteiger partial charge < -0.3 is 14.4 Å². The number of aromatic nitrogens is 1. The topological polar surface area (TPSA) is 40.0 Å². The summed E-state index contributed by atoms with van der Waals surface area (Å²) in [6, 6.07) is 20.4. The van der Waals surface area contributed by atoms with Gasteiger partial charge in [-0.15, -0.1) is 12.4 Å². The summed E-state index contributed by atoms with van der Waals surface area (Å²) in [5.41, 5.74) is 3.80. The molecule has 28 heavy (non-hydrogen) atoms. The van der Waals surface area contributed by atoms with Crippen LogP contribution in [0.3, 0.4) is 0 Å². The van der Waals surface area contributed by atoms with Gasteiger partial charge in [-0.05, 0) is 62.2 Å². The van der Waals surface area contributed by atoms with Crippen LogP contribution in [0.1, 0.15) is 11.3 Å². The maximum Gasteiger partial charge on any atom is 0.166 e. The van der Waals surface area contributed by atoms with Crippen molar-refractivity contribution < 1.29 is 4.55 Å². The normalized spacial score (nSPS) is 12.3. The van der Waals surface area contributed by atoms with Crippen molar-refractivity contribution in [2.24, 2.45) is 7.05 Å². The number of aryl methyl sites for hydroxylation is 1. The molecule has 0 aliphatic heterocycles. The number of fused-ring (bicyclic) bond motifs is 2. The molecule has 1 aromatic heterocycles. The first-order valence-electron chi connectivity index (χ1n) is 9.24. The van der Waals surface area contributed by atoms with Crippen LogP contribution in [0.25, 0.3) is 21.7 Å². The van der Waals surface area contributed by atoms with Crippen LogP contribution in [0.2, 0.25) is 0 Å². The quantitative estimate of drug-likeness (QED) is 0.469. The van der Waals surface area contributed by atoms with Gasteiger partial charge in [0.25, 0.3) is 0 Å². The second-order valence-corrected chi connectivity index (χ2v) is 8.35. The molecular weight excluding hydrogens is 388 g/mol. The second kappa shape index (κ2) is 8.58. The summed E-state index contributed by atoms with van der Waals surface area (Å²) < 4.78 is 15.6. The molecule has 3 aromatic carbocycles. The number of likely N-dealkylation sites (N-methyl/N-ethyl adjacent to an activating group) is 1. The number of hydrogen-bond acceptors (Lipinski definition) is 2. The van der Waals surface area contributed by atoms with Crippen molar-refractivity contribution in [3.63, 3.8) is 0 Å². The van der Waals surface area contributed by atoms with Crippen molar-refractivity contribution in [1.82, 2.24) is 9.88 Å². The molecule has 1 heterocycles. The molecule has 3 nitrogen and oxygen atoms in total. The largest absolute Gasteiger partial charge is 0.606 e. The zero-order valence-corrected chi connectivity index (χ0v) is 18.0. The van der Waals surface area contributed by atoms with Crippen molar-refractivity contribution in [3.05, 3.63) is 71.9 Å². The van der Waals surface area contributed by atoms with Crippen LogP contribution in [0.4, 0.5) is 0 Å². The molecule has 0 aliphatic carbocycles. The van der Waals surface area contributed by atoms with Gasteiger partial charge in [0.1, 0.15) is 0 Å². The SMILES string of the molecule is CNCCc1c(C)n(C)c2ccc([S+]([O-])c3cccc4ccccc34)cc12.Cl. The van der Waals surface area contributed by atoms with E-state index in [-0.39, 0.29) is 12.4 Å². The molecule has 0 saturated heterocycles. The smallest absolute Gasteiger partial charge is 0.166 e. The molecule has 4 rings (SSSR count). The van der Waals surface area contributed by atoms with Gasteiger partial charge in [-0.25, -0.2) is 0 Å². The summed E-state index contributed by atoms with van der Waals surface area (Å²) in [5, 5.41) is 6.61. The molecule has 0 radical (unpaired) electrons. The Morgan fingerprint density at radius 1 is 1.00 bits per heavy atom. The number of nitrogens with one attached hydrogen (secondary N) is 1. The van der Waals surface area contributed by atoms with Gasteiger partial charge in [-0.1, -0.05) is 30.3 Å². The minimum absolute atomic E-state index is 0. The van der Waals surface area contributed by atoms with Gasteiger partial charge in [0.15, 0.2) is 9.79 Å². The van der Waals surface area contributed by atoms with E-state index >= 15 is 0 Å². The molecule has 1 unspecified atom stereocenters. The van der Waals surface area contributed by atoms with E-state index in [1.165, 1.54) is 22.2 Å². The standard InChI is InChI=1S/C23H24N2OS.ClH/c1-16-19(13-14-24-2)21-15-18(11-12-22(21)25(16)3)27(26)23-10-6-8-17-7-4-5-9-20(17)23;/h4-12,15,24H,13-14H2,1-3H3;1H. The summed E-state index contributed by atoms with van der Waals surface area (Å²) >= 11 is -1.21. The molecule has 4 aromatic rings. The zero-order chi connectivity index (χ0) is 19.0. The molecule has 0 fully saturated rings. The first-order chi connectivity index (χ1) is 13.1. The zero-order valence-electron chi connectivity index (χ0n) is 16.4. The predicted molar refractivity (Wildman–Crippen MR) is 121 cm³/mol. The Bertz CT molecular complexity index is 1120. The van der Waals surface area contributed by atoms with Gasteiger partial charge in [0, 0.05) is 46.3 Å². The lowest BCUT2D eigenvalue weighted by atomic mass is 10.1. The second-order valence-electron chi connectivity index (χ2n) is 6.90. The van der Waals surface area contributed by atoms with E-state index in [1.54, 1.807) is 0 Å². The summed E-state index contributed by atoms with van der Waals surface area (Å²) in [4.78, 5) is 1.73. The first kappa shape index (κ1) is 20.7. The Kier molecular flexibility index (Phi) is 6.36. The van der Waals surface area contributed by atoms with Gasteiger partial charge in [0.05, 0.1) is 0 Å². The van der Waals surface area contributed by atoms with Crippen molar-refractivity contribution in [2.75, 3.05) is 13.6 Å². The van der Waals surface area contributed by atoms with Gasteiger partial charge >= 0.3 is 0 Å². The third-order valence-corrected chi connectivity index (χ3v) is 6.82. The summed E-state index contributed by atoms with van der Waals surface area (Å²) in [6.45, 7) is 3.09. The Morgan fingerprint density at radius 2 is 1.75 bits per heavy atom. The monoisotopic (exact) mass is 412 g/mol. The molecule has 1 N–H and O–H groups in total. The van der Waals surface area contributed by atoms with Crippen LogP contribution in [0, 0.1) is 6.92 Å². The maximum absolute atomic E-state index is 13.4. The van der Waals surface area contributed by atoms with E-state index in [4.69, 9.17) is 0 Å². The summed E-state index contributed by atoms with van der Waals surface area (Å²) in [5.74, 6) is 0. The van der Waals surface area contributed by atoms with Crippen LogP contribution >= 0.6 is 12.4 Å². The number of hydrogen-bond donors (Lipinski definition) is 1. The van der Waals surface area contributed by atoms with E-state index in [9.17, 15) is 4.55 Å². The Hall–Kier alpha value is -1.98. The van der Waals surface area contributed by atoms with Gasteiger partial charge in [0.2, 0.25) is 0 Å². The van der Waals surface area contributed by atoms with Crippen LogP contribution in [0.15, 0.2) is 70.5 Å². The van der Waals surface area contributed by atoms with E-state index in [1.807, 2.05) is 43.4 Å². The highest BCUT2D eigenvalue weighted by Crippen LogP contribution is 2.32. The third-order valence-electron chi connectivity index (χ3n) is 5.38. The number of nitrogens with zero attached hydrogens (tertiary/aromatic N) is 1. The molecule has 0 bridgehead atoms. The maximum atomic E-state index is 13.4. The lowest BCUT2D eigenvalue weighted by Crippen LogP contribution is -2.11. The first-order valence-corrected chi connectivity index (χ1v) is 10.4. The minimum Gasteiger partial charge on any atom is -0.606 e. The molecule has 1 atom stereocenters. The fourth-order valence-corrected chi connectivity index (χ4v) is 5.05. The number of rotatable bonds is 5. The molecular formula is C23H25ClN2OS.